The first-order chi connectivity index (χ1) is 14.1. The molecule has 4 rings (SSSR count). The van der Waals surface area contributed by atoms with Crippen LogP contribution in [0.5, 0.6) is 0 Å². The lowest BCUT2D eigenvalue weighted by molar-refractivity contribution is 0.0741. The van der Waals surface area contributed by atoms with Crippen molar-refractivity contribution in [3.05, 3.63) is 81.2 Å². The number of aryl methyl sites for hydroxylation is 2. The first-order valence-corrected chi connectivity index (χ1v) is 11.1. The van der Waals surface area contributed by atoms with Crippen LogP contribution >= 0.6 is 22.7 Å². The van der Waals surface area contributed by atoms with E-state index >= 15 is 0 Å². The maximum absolute atomic E-state index is 13.3. The summed E-state index contributed by atoms with van der Waals surface area (Å²) in [5.41, 5.74) is 2.65. The van der Waals surface area contributed by atoms with Crippen LogP contribution in [0.4, 0.5) is 0 Å². The van der Waals surface area contributed by atoms with Gasteiger partial charge in [-0.15, -0.1) is 22.7 Å². The number of thiazole rings is 1. The van der Waals surface area contributed by atoms with Crippen LogP contribution in [0, 0.1) is 6.92 Å². The normalized spacial score (nSPS) is 11.0. The summed E-state index contributed by atoms with van der Waals surface area (Å²) in [5.74, 6) is -0.0293. The second-order valence-electron chi connectivity index (χ2n) is 6.92. The molecule has 0 aliphatic rings. The third-order valence-corrected chi connectivity index (χ3v) is 6.50. The van der Waals surface area contributed by atoms with Gasteiger partial charge in [0.05, 0.1) is 12.7 Å². The van der Waals surface area contributed by atoms with Crippen molar-refractivity contribution < 1.29 is 4.79 Å². The third kappa shape index (κ3) is 4.81. The van der Waals surface area contributed by atoms with Crippen LogP contribution in [0.1, 0.15) is 25.8 Å². The highest BCUT2D eigenvalue weighted by molar-refractivity contribution is 7.13. The number of thiophene rings is 1. The number of aromatic nitrogens is 3. The Labute approximate surface area is 178 Å². The van der Waals surface area contributed by atoms with Gasteiger partial charge < -0.3 is 4.90 Å². The Kier molecular flexibility index (Phi) is 5.87. The Morgan fingerprint density at radius 1 is 1.17 bits per heavy atom. The summed E-state index contributed by atoms with van der Waals surface area (Å²) < 4.78 is 1.74. The molecule has 4 aromatic rings. The second-order valence-corrected chi connectivity index (χ2v) is 9.15. The summed E-state index contributed by atoms with van der Waals surface area (Å²) in [6, 6.07) is 14.5. The van der Waals surface area contributed by atoms with Crippen molar-refractivity contribution in [1.82, 2.24) is 19.7 Å². The Balaban J connectivity index is 1.54. The number of nitrogens with zero attached hydrogens (tertiary/aromatic N) is 4. The van der Waals surface area contributed by atoms with Crippen molar-refractivity contribution in [3.63, 3.8) is 0 Å². The fourth-order valence-corrected chi connectivity index (χ4v) is 4.79. The van der Waals surface area contributed by atoms with Gasteiger partial charge in [-0.3, -0.25) is 9.48 Å². The molecule has 3 aromatic heterocycles. The minimum absolute atomic E-state index is 0.0293. The summed E-state index contributed by atoms with van der Waals surface area (Å²) in [4.78, 5) is 22.2. The van der Waals surface area contributed by atoms with Gasteiger partial charge in [0.25, 0.3) is 5.91 Å². The van der Waals surface area contributed by atoms with E-state index < -0.39 is 0 Å². The standard InChI is InChI=1S/C22H22N4OS2/c1-16-8-9-19(29-16)14-26(11-10-17-6-4-3-5-7-17)22(27)20-15-28-21(24-20)18-12-23-25(2)13-18/h3-9,12-13,15H,10-11,14H2,1-2H3. The van der Waals surface area contributed by atoms with Crippen molar-refractivity contribution >= 4 is 28.6 Å². The van der Waals surface area contributed by atoms with Crippen LogP contribution in [0.3, 0.4) is 0 Å². The zero-order valence-corrected chi connectivity index (χ0v) is 18.0. The quantitative estimate of drug-likeness (QED) is 0.430. The number of hydrogen-bond donors (Lipinski definition) is 0. The van der Waals surface area contributed by atoms with Crippen LogP contribution in [-0.4, -0.2) is 32.1 Å². The van der Waals surface area contributed by atoms with Crippen molar-refractivity contribution in [2.24, 2.45) is 7.05 Å². The SMILES string of the molecule is Cc1ccc(CN(CCc2ccccc2)C(=O)c2csc(-c3cnn(C)c3)n2)s1. The molecule has 0 saturated heterocycles. The zero-order valence-electron chi connectivity index (χ0n) is 16.4. The van der Waals surface area contributed by atoms with Crippen LogP contribution < -0.4 is 0 Å². The van der Waals surface area contributed by atoms with E-state index in [9.17, 15) is 4.79 Å². The lowest BCUT2D eigenvalue weighted by atomic mass is 10.1. The molecule has 0 atom stereocenters. The molecule has 3 heterocycles. The summed E-state index contributed by atoms with van der Waals surface area (Å²) >= 11 is 3.21. The molecule has 5 nitrogen and oxygen atoms in total. The molecular formula is C22H22N4OS2. The van der Waals surface area contributed by atoms with Gasteiger partial charge in [-0.1, -0.05) is 30.3 Å². The maximum atomic E-state index is 13.3. The van der Waals surface area contributed by atoms with Crippen molar-refractivity contribution in [2.75, 3.05) is 6.54 Å². The van der Waals surface area contributed by atoms with Gasteiger partial charge in [-0.2, -0.15) is 5.10 Å². The van der Waals surface area contributed by atoms with Gasteiger partial charge in [0.1, 0.15) is 10.7 Å². The fourth-order valence-electron chi connectivity index (χ4n) is 3.12. The number of carbonyl (C=O) groups is 1. The van der Waals surface area contributed by atoms with Gasteiger partial charge in [0.15, 0.2) is 0 Å². The van der Waals surface area contributed by atoms with Crippen molar-refractivity contribution in [2.45, 2.75) is 19.9 Å². The van der Waals surface area contributed by atoms with Gasteiger partial charge in [-0.25, -0.2) is 4.98 Å². The van der Waals surface area contributed by atoms with E-state index in [1.54, 1.807) is 22.2 Å². The molecule has 1 aromatic carbocycles. The van der Waals surface area contributed by atoms with E-state index in [1.807, 2.05) is 41.7 Å². The average molecular weight is 423 g/mol. The van der Waals surface area contributed by atoms with E-state index in [-0.39, 0.29) is 5.91 Å². The zero-order chi connectivity index (χ0) is 20.2. The van der Waals surface area contributed by atoms with Crippen LogP contribution in [0.15, 0.2) is 60.2 Å². The maximum Gasteiger partial charge on any atom is 0.273 e. The second kappa shape index (κ2) is 8.71. The molecule has 0 spiro atoms. The molecule has 0 unspecified atom stereocenters. The van der Waals surface area contributed by atoms with Gasteiger partial charge in [-0.05, 0) is 31.0 Å². The van der Waals surface area contributed by atoms with E-state index in [0.29, 0.717) is 18.8 Å². The summed E-state index contributed by atoms with van der Waals surface area (Å²) in [6.45, 7) is 3.34. The molecule has 0 aliphatic carbocycles. The first-order valence-electron chi connectivity index (χ1n) is 9.41. The van der Waals surface area contributed by atoms with Gasteiger partial charge in [0, 0.05) is 40.5 Å². The smallest absolute Gasteiger partial charge is 0.273 e. The highest BCUT2D eigenvalue weighted by Crippen LogP contribution is 2.25. The van der Waals surface area contributed by atoms with Gasteiger partial charge in [0.2, 0.25) is 0 Å². The number of amides is 1. The monoisotopic (exact) mass is 422 g/mol. The molecule has 0 bridgehead atoms. The van der Waals surface area contributed by atoms with E-state index in [0.717, 1.165) is 17.0 Å². The molecular weight excluding hydrogens is 400 g/mol. The number of carbonyl (C=O) groups excluding carboxylic acids is 1. The number of rotatable bonds is 7. The lowest BCUT2D eigenvalue weighted by Gasteiger charge is -2.21. The Bertz CT molecular complexity index is 1100. The molecule has 0 N–H and O–H groups in total. The predicted octanol–water partition coefficient (Wildman–Crippen LogP) is 4.80. The summed E-state index contributed by atoms with van der Waals surface area (Å²) in [6.07, 6.45) is 4.50. The molecule has 0 aliphatic heterocycles. The van der Waals surface area contributed by atoms with E-state index in [4.69, 9.17) is 0 Å². The van der Waals surface area contributed by atoms with Crippen molar-refractivity contribution in [3.8, 4) is 10.6 Å². The number of benzene rings is 1. The lowest BCUT2D eigenvalue weighted by Crippen LogP contribution is -2.32. The predicted molar refractivity (Wildman–Crippen MR) is 118 cm³/mol. The molecule has 7 heteroatoms. The summed E-state index contributed by atoms with van der Waals surface area (Å²) in [5, 5.41) is 6.86. The van der Waals surface area contributed by atoms with E-state index in [1.165, 1.54) is 26.7 Å². The van der Waals surface area contributed by atoms with Crippen LogP contribution in [0.25, 0.3) is 10.6 Å². The molecule has 1 amide bonds. The topological polar surface area (TPSA) is 51.0 Å². The molecule has 0 fully saturated rings. The highest BCUT2D eigenvalue weighted by Gasteiger charge is 2.20. The minimum atomic E-state index is -0.0293. The minimum Gasteiger partial charge on any atom is -0.332 e. The molecule has 0 radical (unpaired) electrons. The highest BCUT2D eigenvalue weighted by atomic mass is 32.1. The van der Waals surface area contributed by atoms with Gasteiger partial charge >= 0.3 is 0 Å². The summed E-state index contributed by atoms with van der Waals surface area (Å²) in [7, 11) is 1.87. The largest absolute Gasteiger partial charge is 0.332 e. The number of hydrogen-bond acceptors (Lipinski definition) is 5. The Morgan fingerprint density at radius 2 is 2.00 bits per heavy atom. The van der Waals surface area contributed by atoms with Crippen LogP contribution in [-0.2, 0) is 20.0 Å². The Hall–Kier alpha value is -2.77. The first kappa shape index (κ1) is 19.5. The average Bonchev–Trinajstić information content (AvgIpc) is 3.46. The molecule has 29 heavy (non-hydrogen) atoms. The third-order valence-electron chi connectivity index (χ3n) is 4.62. The van der Waals surface area contributed by atoms with Crippen molar-refractivity contribution in [1.29, 1.82) is 0 Å². The molecule has 148 valence electrons. The Morgan fingerprint density at radius 3 is 2.69 bits per heavy atom. The van der Waals surface area contributed by atoms with Crippen LogP contribution in [0.2, 0.25) is 0 Å². The van der Waals surface area contributed by atoms with E-state index in [2.05, 4.69) is 41.3 Å². The fraction of sp³-hybridized carbons (Fsp3) is 0.227. The molecule has 0 saturated carbocycles.